The minimum absolute atomic E-state index is 0.00405. The van der Waals surface area contributed by atoms with Crippen LogP contribution in [0, 0.1) is 0 Å². The van der Waals surface area contributed by atoms with Crippen LogP contribution in [0.25, 0.3) is 0 Å². The molecule has 1 aromatic heterocycles. The highest BCUT2D eigenvalue weighted by Gasteiger charge is 2.24. The highest BCUT2D eigenvalue weighted by Crippen LogP contribution is 2.28. The monoisotopic (exact) mass is 489 g/mol. The van der Waals surface area contributed by atoms with Gasteiger partial charge in [0.05, 0.1) is 5.69 Å². The zero-order valence-corrected chi connectivity index (χ0v) is 21.2. The first-order valence-corrected chi connectivity index (χ1v) is 12.3. The molecule has 0 unspecified atom stereocenters. The van der Waals surface area contributed by atoms with E-state index in [-0.39, 0.29) is 18.4 Å². The number of hydrogen-bond acceptors (Lipinski definition) is 5. The summed E-state index contributed by atoms with van der Waals surface area (Å²) in [4.78, 5) is 32.3. The van der Waals surface area contributed by atoms with Crippen LogP contribution in [0.3, 0.4) is 0 Å². The van der Waals surface area contributed by atoms with Gasteiger partial charge in [-0.15, -0.1) is 0 Å². The molecule has 0 saturated carbocycles. The smallest absolute Gasteiger partial charge is 0.252 e. The Bertz CT molecular complexity index is 935. The Balaban J connectivity index is 1.86. The molecule has 0 aliphatic carbocycles. The molecule has 1 aliphatic heterocycles. The molecule has 2 aromatic rings. The minimum Gasteiger partial charge on any atom is -0.375 e. The fourth-order valence-electron chi connectivity index (χ4n) is 4.29. The van der Waals surface area contributed by atoms with Crippen LogP contribution in [0.5, 0.6) is 0 Å². The van der Waals surface area contributed by atoms with E-state index in [0.29, 0.717) is 43.7 Å². The van der Waals surface area contributed by atoms with Crippen molar-refractivity contribution in [2.24, 2.45) is 0 Å². The van der Waals surface area contributed by atoms with E-state index >= 15 is 0 Å². The number of amides is 2. The van der Waals surface area contributed by atoms with Gasteiger partial charge < -0.3 is 14.5 Å². The van der Waals surface area contributed by atoms with Crippen molar-refractivity contribution in [3.05, 3.63) is 47.2 Å². The van der Waals surface area contributed by atoms with Gasteiger partial charge in [0.15, 0.2) is 0 Å². The summed E-state index contributed by atoms with van der Waals surface area (Å²) < 4.78 is 6.99. The molecule has 34 heavy (non-hydrogen) atoms. The van der Waals surface area contributed by atoms with Crippen LogP contribution in [-0.4, -0.2) is 77.3 Å². The molecule has 2 amide bonds. The van der Waals surface area contributed by atoms with Crippen LogP contribution in [0.1, 0.15) is 38.7 Å². The Morgan fingerprint density at radius 1 is 1.15 bits per heavy atom. The number of carbonyl (C=O) groups excluding carboxylic acids is 2. The van der Waals surface area contributed by atoms with Crippen molar-refractivity contribution in [2.75, 3.05) is 44.8 Å². The van der Waals surface area contributed by atoms with Crippen LogP contribution in [-0.2, 0) is 27.4 Å². The maximum Gasteiger partial charge on any atom is 0.252 e. The van der Waals surface area contributed by atoms with E-state index in [9.17, 15) is 9.59 Å². The standard InChI is InChI=1S/C25H36ClN5O3/c1-20(2)28-11-6-14-31(25(33)19-34-3)23-17-22(26)9-8-21(23)18-29(16-15-28)24(32)7-4-12-30-13-5-10-27-30/h5,8-10,13,17,20H,4,6-7,11-12,14-16,18-19H2,1-3H3. The van der Waals surface area contributed by atoms with Gasteiger partial charge >= 0.3 is 0 Å². The molecule has 0 bridgehead atoms. The second-order valence-corrected chi connectivity index (χ2v) is 9.36. The van der Waals surface area contributed by atoms with Crippen LogP contribution >= 0.6 is 11.6 Å². The van der Waals surface area contributed by atoms with Gasteiger partial charge in [-0.1, -0.05) is 17.7 Å². The number of carbonyl (C=O) groups is 2. The summed E-state index contributed by atoms with van der Waals surface area (Å²) in [5, 5.41) is 4.78. The SMILES string of the molecule is COCC(=O)N1CCCN(C(C)C)CCN(C(=O)CCCn2cccn2)Cc2ccc(Cl)cc21. The second-order valence-electron chi connectivity index (χ2n) is 8.92. The number of anilines is 1. The molecule has 0 atom stereocenters. The minimum atomic E-state index is -0.113. The van der Waals surface area contributed by atoms with Gasteiger partial charge in [0, 0.05) is 76.3 Å². The Morgan fingerprint density at radius 2 is 1.97 bits per heavy atom. The van der Waals surface area contributed by atoms with E-state index in [0.717, 1.165) is 37.2 Å². The molecule has 9 heteroatoms. The largest absolute Gasteiger partial charge is 0.375 e. The van der Waals surface area contributed by atoms with Crippen molar-refractivity contribution in [2.45, 2.75) is 52.2 Å². The van der Waals surface area contributed by atoms with Gasteiger partial charge in [-0.05, 0) is 50.5 Å². The lowest BCUT2D eigenvalue weighted by Crippen LogP contribution is -2.41. The number of rotatable bonds is 7. The Kier molecular flexibility index (Phi) is 9.92. The number of benzene rings is 1. The first kappa shape index (κ1) is 26.2. The number of aromatic nitrogens is 2. The number of methoxy groups -OCH3 is 1. The highest BCUT2D eigenvalue weighted by molar-refractivity contribution is 6.31. The third-order valence-corrected chi connectivity index (χ3v) is 6.41. The lowest BCUT2D eigenvalue weighted by Gasteiger charge is -2.30. The zero-order chi connectivity index (χ0) is 24.5. The Hall–Kier alpha value is -2.42. The third kappa shape index (κ3) is 7.29. The van der Waals surface area contributed by atoms with Gasteiger partial charge in [-0.2, -0.15) is 5.10 Å². The average molecular weight is 490 g/mol. The van der Waals surface area contributed by atoms with Gasteiger partial charge in [0.25, 0.3) is 5.91 Å². The van der Waals surface area contributed by atoms with Gasteiger partial charge in [-0.25, -0.2) is 0 Å². The number of aryl methyl sites for hydroxylation is 1. The van der Waals surface area contributed by atoms with Crippen LogP contribution in [0.2, 0.25) is 5.02 Å². The molecule has 1 aliphatic rings. The van der Waals surface area contributed by atoms with Gasteiger partial charge in [-0.3, -0.25) is 19.2 Å². The fraction of sp³-hybridized carbons (Fsp3) is 0.560. The molecule has 0 fully saturated rings. The van der Waals surface area contributed by atoms with Crippen molar-refractivity contribution in [1.29, 1.82) is 0 Å². The van der Waals surface area contributed by atoms with Crippen LogP contribution < -0.4 is 4.90 Å². The number of nitrogens with zero attached hydrogens (tertiary/aromatic N) is 5. The fourth-order valence-corrected chi connectivity index (χ4v) is 4.46. The van der Waals surface area contributed by atoms with Gasteiger partial charge in [0.2, 0.25) is 5.91 Å². The van der Waals surface area contributed by atoms with E-state index in [4.69, 9.17) is 16.3 Å². The van der Waals surface area contributed by atoms with Crippen molar-refractivity contribution >= 4 is 29.1 Å². The lowest BCUT2D eigenvalue weighted by molar-refractivity contribution is -0.132. The van der Waals surface area contributed by atoms with E-state index in [1.165, 1.54) is 7.11 Å². The number of ether oxygens (including phenoxy) is 1. The molecular formula is C25H36ClN5O3. The molecule has 0 N–H and O–H groups in total. The van der Waals surface area contributed by atoms with E-state index in [1.807, 2.05) is 40.0 Å². The van der Waals surface area contributed by atoms with Crippen molar-refractivity contribution in [3.8, 4) is 0 Å². The summed E-state index contributed by atoms with van der Waals surface area (Å²) in [6.45, 7) is 8.28. The Labute approximate surface area is 207 Å². The first-order valence-electron chi connectivity index (χ1n) is 12.0. The van der Waals surface area contributed by atoms with E-state index in [1.54, 1.807) is 11.1 Å². The summed E-state index contributed by atoms with van der Waals surface area (Å²) in [5.74, 6) is -0.00997. The number of halogens is 1. The molecule has 3 rings (SSSR count). The van der Waals surface area contributed by atoms with Crippen LogP contribution in [0.4, 0.5) is 5.69 Å². The predicted molar refractivity (Wildman–Crippen MR) is 134 cm³/mol. The predicted octanol–water partition coefficient (Wildman–Crippen LogP) is 3.44. The Morgan fingerprint density at radius 3 is 2.68 bits per heavy atom. The molecule has 8 nitrogen and oxygen atoms in total. The highest BCUT2D eigenvalue weighted by atomic mass is 35.5. The summed E-state index contributed by atoms with van der Waals surface area (Å²) in [7, 11) is 1.52. The zero-order valence-electron chi connectivity index (χ0n) is 20.5. The quantitative estimate of drug-likeness (QED) is 0.595. The van der Waals surface area contributed by atoms with Crippen molar-refractivity contribution in [3.63, 3.8) is 0 Å². The topological polar surface area (TPSA) is 70.9 Å². The van der Waals surface area contributed by atoms with E-state index in [2.05, 4.69) is 23.8 Å². The van der Waals surface area contributed by atoms with Gasteiger partial charge in [0.1, 0.15) is 6.61 Å². The molecule has 0 radical (unpaired) electrons. The lowest BCUT2D eigenvalue weighted by atomic mass is 10.1. The van der Waals surface area contributed by atoms with Crippen LogP contribution in [0.15, 0.2) is 36.7 Å². The summed E-state index contributed by atoms with van der Waals surface area (Å²) in [5.41, 5.74) is 1.66. The molecule has 186 valence electrons. The average Bonchev–Trinajstić information content (AvgIpc) is 3.30. The molecular weight excluding hydrogens is 454 g/mol. The summed E-state index contributed by atoms with van der Waals surface area (Å²) in [6, 6.07) is 7.79. The molecule has 0 spiro atoms. The normalized spacial score (nSPS) is 15.8. The maximum atomic E-state index is 13.3. The molecule has 1 aromatic carbocycles. The number of fused-ring (bicyclic) bond motifs is 1. The third-order valence-electron chi connectivity index (χ3n) is 6.17. The molecule has 0 saturated heterocycles. The number of hydrogen-bond donors (Lipinski definition) is 0. The maximum absolute atomic E-state index is 13.3. The summed E-state index contributed by atoms with van der Waals surface area (Å²) in [6.07, 6.45) is 5.63. The summed E-state index contributed by atoms with van der Waals surface area (Å²) >= 11 is 6.34. The van der Waals surface area contributed by atoms with Crippen molar-refractivity contribution in [1.82, 2.24) is 19.6 Å². The molecule has 2 heterocycles. The van der Waals surface area contributed by atoms with E-state index < -0.39 is 0 Å². The first-order chi connectivity index (χ1) is 16.4. The van der Waals surface area contributed by atoms with Crippen molar-refractivity contribution < 1.29 is 14.3 Å². The second kappa shape index (κ2) is 12.9.